The van der Waals surface area contributed by atoms with Gasteiger partial charge >= 0.3 is 6.09 Å². The van der Waals surface area contributed by atoms with E-state index in [1.165, 1.54) is 11.1 Å². The summed E-state index contributed by atoms with van der Waals surface area (Å²) in [6.45, 7) is 0. The lowest BCUT2D eigenvalue weighted by molar-refractivity contribution is 0.211. The Balaban J connectivity index is 2.25. The number of fused-ring (bicyclic) bond motifs is 1. The molecule has 1 atom stereocenters. The molecule has 86 valence electrons. The zero-order chi connectivity index (χ0) is 11.7. The van der Waals surface area contributed by atoms with Crippen LogP contribution in [0.3, 0.4) is 0 Å². The number of ether oxygens (including phenoxy) is 1. The highest BCUT2D eigenvalue weighted by molar-refractivity contribution is 5.68. The highest BCUT2D eigenvalue weighted by Crippen LogP contribution is 2.36. The molecule has 1 unspecified atom stereocenters. The van der Waals surface area contributed by atoms with E-state index in [0.29, 0.717) is 11.8 Å². The molecule has 0 spiro atoms. The fourth-order valence-corrected chi connectivity index (χ4v) is 2.29. The average Bonchev–Trinajstić information content (AvgIpc) is 2.59. The summed E-state index contributed by atoms with van der Waals surface area (Å²) < 4.78 is 4.86. The maximum atomic E-state index is 10.6. The van der Waals surface area contributed by atoms with Crippen LogP contribution in [0, 0.1) is 0 Å². The number of benzene rings is 1. The smallest absolute Gasteiger partial charge is 0.409 e. The first-order valence-corrected chi connectivity index (χ1v) is 5.34. The van der Waals surface area contributed by atoms with Crippen LogP contribution in [-0.4, -0.2) is 25.1 Å². The summed E-state index contributed by atoms with van der Waals surface area (Å²) in [4.78, 5) is 12.8. The van der Waals surface area contributed by atoms with Crippen molar-refractivity contribution in [3.8, 4) is 5.75 Å². The Morgan fingerprint density at radius 2 is 2.25 bits per heavy atom. The minimum absolute atomic E-state index is 0.470. The number of hydrogen-bond acceptors (Lipinski definition) is 3. The van der Waals surface area contributed by atoms with Gasteiger partial charge in [-0.25, -0.2) is 4.79 Å². The quantitative estimate of drug-likeness (QED) is 0.825. The number of rotatable bonds is 2. The Kier molecular flexibility index (Phi) is 2.83. The number of aryl methyl sites for hydroxylation is 1. The predicted octanol–water partition coefficient (Wildman–Crippen LogP) is 1.69. The minimum atomic E-state index is -0.762. The monoisotopic (exact) mass is 220 g/mol. The van der Waals surface area contributed by atoms with Crippen LogP contribution in [0.1, 0.15) is 23.6 Å². The van der Waals surface area contributed by atoms with E-state index in [2.05, 4.69) is 19.0 Å². The van der Waals surface area contributed by atoms with Crippen molar-refractivity contribution in [2.75, 3.05) is 14.1 Å². The van der Waals surface area contributed by atoms with Crippen LogP contribution in [0.15, 0.2) is 18.2 Å². The lowest BCUT2D eigenvalue weighted by Crippen LogP contribution is -2.17. The molecule has 1 aromatic rings. The van der Waals surface area contributed by atoms with E-state index < -0.39 is 6.09 Å². The Morgan fingerprint density at radius 1 is 1.50 bits per heavy atom. The molecule has 0 saturated carbocycles. The maximum Gasteiger partial charge on any atom is 0.409 e. The molecule has 1 amide bonds. The molecular formula is C12H16N2O2. The number of nitrogens with two attached hydrogens (primary N) is 1. The SMILES string of the molecule is CN(C)C1CCc2cc(OC(N)=O)ccc21. The molecule has 1 aromatic carbocycles. The molecule has 4 heteroatoms. The van der Waals surface area contributed by atoms with Crippen molar-refractivity contribution in [1.82, 2.24) is 4.90 Å². The summed E-state index contributed by atoms with van der Waals surface area (Å²) >= 11 is 0. The van der Waals surface area contributed by atoms with Gasteiger partial charge in [-0.15, -0.1) is 0 Å². The zero-order valence-electron chi connectivity index (χ0n) is 9.56. The van der Waals surface area contributed by atoms with Gasteiger partial charge in [-0.05, 0) is 50.2 Å². The fraction of sp³-hybridized carbons (Fsp3) is 0.417. The van der Waals surface area contributed by atoms with E-state index in [4.69, 9.17) is 10.5 Å². The van der Waals surface area contributed by atoms with E-state index in [1.54, 1.807) is 6.07 Å². The fourth-order valence-electron chi connectivity index (χ4n) is 2.29. The first kappa shape index (κ1) is 11.0. The lowest BCUT2D eigenvalue weighted by atomic mass is 10.1. The number of primary amides is 1. The van der Waals surface area contributed by atoms with E-state index in [-0.39, 0.29) is 0 Å². The summed E-state index contributed by atoms with van der Waals surface area (Å²) in [6, 6.07) is 6.19. The third-order valence-electron chi connectivity index (χ3n) is 3.00. The summed E-state index contributed by atoms with van der Waals surface area (Å²) in [6.07, 6.45) is 1.37. The zero-order valence-corrected chi connectivity index (χ0v) is 9.56. The van der Waals surface area contributed by atoms with Crippen LogP contribution in [0.2, 0.25) is 0 Å². The lowest BCUT2D eigenvalue weighted by Gasteiger charge is -2.20. The van der Waals surface area contributed by atoms with Crippen molar-refractivity contribution in [2.24, 2.45) is 5.73 Å². The summed E-state index contributed by atoms with van der Waals surface area (Å²) in [7, 11) is 4.15. The van der Waals surface area contributed by atoms with Crippen molar-refractivity contribution in [3.05, 3.63) is 29.3 Å². The molecule has 0 saturated heterocycles. The van der Waals surface area contributed by atoms with Gasteiger partial charge in [0.25, 0.3) is 0 Å². The van der Waals surface area contributed by atoms with E-state index in [1.807, 2.05) is 12.1 Å². The molecule has 2 N–H and O–H groups in total. The summed E-state index contributed by atoms with van der Waals surface area (Å²) in [5.41, 5.74) is 7.54. The van der Waals surface area contributed by atoms with Crippen LogP contribution in [0.25, 0.3) is 0 Å². The molecule has 0 heterocycles. The molecule has 16 heavy (non-hydrogen) atoms. The van der Waals surface area contributed by atoms with Gasteiger partial charge in [0.1, 0.15) is 5.75 Å². The topological polar surface area (TPSA) is 55.6 Å². The Morgan fingerprint density at radius 3 is 2.88 bits per heavy atom. The highest BCUT2D eigenvalue weighted by Gasteiger charge is 2.24. The first-order valence-electron chi connectivity index (χ1n) is 5.34. The van der Waals surface area contributed by atoms with Crippen molar-refractivity contribution < 1.29 is 9.53 Å². The molecule has 4 nitrogen and oxygen atoms in total. The second-order valence-corrected chi connectivity index (χ2v) is 4.30. The second kappa shape index (κ2) is 4.14. The van der Waals surface area contributed by atoms with Gasteiger partial charge in [-0.1, -0.05) is 6.07 Å². The summed E-state index contributed by atoms with van der Waals surface area (Å²) in [5, 5.41) is 0. The Labute approximate surface area is 95.0 Å². The number of nitrogens with zero attached hydrogens (tertiary/aromatic N) is 1. The van der Waals surface area contributed by atoms with Crippen LogP contribution in [0.5, 0.6) is 5.75 Å². The van der Waals surface area contributed by atoms with Gasteiger partial charge in [-0.2, -0.15) is 0 Å². The molecule has 0 aromatic heterocycles. The molecule has 0 aliphatic heterocycles. The molecule has 0 bridgehead atoms. The second-order valence-electron chi connectivity index (χ2n) is 4.30. The van der Waals surface area contributed by atoms with Crippen LogP contribution in [0.4, 0.5) is 4.79 Å². The molecule has 1 aliphatic carbocycles. The standard InChI is InChI=1S/C12H16N2O2/c1-14(2)11-6-3-8-7-9(16-12(13)15)4-5-10(8)11/h4-5,7,11H,3,6H2,1-2H3,(H2,13,15). The van der Waals surface area contributed by atoms with Gasteiger partial charge in [0.15, 0.2) is 0 Å². The number of carbonyl (C=O) groups is 1. The van der Waals surface area contributed by atoms with Gasteiger partial charge in [0, 0.05) is 6.04 Å². The Bertz CT molecular complexity index is 415. The number of hydrogen-bond donors (Lipinski definition) is 1. The van der Waals surface area contributed by atoms with Crippen LogP contribution < -0.4 is 10.5 Å². The van der Waals surface area contributed by atoms with E-state index >= 15 is 0 Å². The molecule has 1 aliphatic rings. The third-order valence-corrected chi connectivity index (χ3v) is 3.00. The summed E-state index contributed by atoms with van der Waals surface area (Å²) in [5.74, 6) is 0.533. The number of amides is 1. The van der Waals surface area contributed by atoms with Crippen molar-refractivity contribution in [1.29, 1.82) is 0 Å². The van der Waals surface area contributed by atoms with Crippen molar-refractivity contribution in [2.45, 2.75) is 18.9 Å². The molecule has 0 fully saturated rings. The van der Waals surface area contributed by atoms with Crippen molar-refractivity contribution in [3.63, 3.8) is 0 Å². The normalized spacial score (nSPS) is 18.6. The van der Waals surface area contributed by atoms with Gasteiger partial charge < -0.3 is 15.4 Å². The molecular weight excluding hydrogens is 204 g/mol. The minimum Gasteiger partial charge on any atom is -0.410 e. The number of carbonyl (C=O) groups excluding carboxylic acids is 1. The first-order chi connectivity index (χ1) is 7.58. The largest absolute Gasteiger partial charge is 0.410 e. The van der Waals surface area contributed by atoms with E-state index in [0.717, 1.165) is 12.8 Å². The van der Waals surface area contributed by atoms with Crippen LogP contribution >= 0.6 is 0 Å². The van der Waals surface area contributed by atoms with E-state index in [9.17, 15) is 4.79 Å². The van der Waals surface area contributed by atoms with Crippen molar-refractivity contribution >= 4 is 6.09 Å². The van der Waals surface area contributed by atoms with Gasteiger partial charge in [0.05, 0.1) is 0 Å². The predicted molar refractivity (Wildman–Crippen MR) is 61.4 cm³/mol. The average molecular weight is 220 g/mol. The molecule has 0 radical (unpaired) electrons. The van der Waals surface area contributed by atoms with Gasteiger partial charge in [-0.3, -0.25) is 0 Å². The third kappa shape index (κ3) is 2.02. The molecule has 2 rings (SSSR count). The van der Waals surface area contributed by atoms with Crippen LogP contribution in [-0.2, 0) is 6.42 Å². The maximum absolute atomic E-state index is 10.6. The van der Waals surface area contributed by atoms with Gasteiger partial charge in [0.2, 0.25) is 0 Å². The Hall–Kier alpha value is -1.55. The highest BCUT2D eigenvalue weighted by atomic mass is 16.5.